The molecule has 35 heteroatoms. The summed E-state index contributed by atoms with van der Waals surface area (Å²) in [6.45, 7) is 15.8. The Kier molecular flexibility index (Phi) is 24.8. The molecule has 14 rings (SSSR count). The monoisotopic (exact) mass is 1360 g/mol. The smallest absolute Gasteiger partial charge is 0.329 e. The quantitative estimate of drug-likeness (QED) is 0.0428. The summed E-state index contributed by atoms with van der Waals surface area (Å²) in [7, 11) is 0. The number of imidazole rings is 3. The van der Waals surface area contributed by atoms with Gasteiger partial charge in [-0.15, -0.1) is 0 Å². The number of aromatic amines is 1. The van der Waals surface area contributed by atoms with Crippen LogP contribution in [-0.2, 0) is 23.7 Å². The van der Waals surface area contributed by atoms with Crippen molar-refractivity contribution in [1.29, 1.82) is 0 Å². The molecule has 0 spiro atoms. The van der Waals surface area contributed by atoms with Crippen LogP contribution in [-0.4, -0.2) is 167 Å². The number of aromatic nitrogens is 14. The highest BCUT2D eigenvalue weighted by Crippen LogP contribution is 2.31. The van der Waals surface area contributed by atoms with Gasteiger partial charge in [0.1, 0.15) is 36.8 Å². The average molecular weight is 1360 g/mol. The molecule has 0 amide bonds. The van der Waals surface area contributed by atoms with E-state index in [2.05, 4.69) is 74.3 Å². The maximum atomic E-state index is 12.6. The van der Waals surface area contributed by atoms with Crippen LogP contribution in [0.2, 0.25) is 15.7 Å². The highest BCUT2D eigenvalue weighted by molar-refractivity contribution is 6.33. The minimum Gasteiger partial charge on any atom is -0.381 e. The van der Waals surface area contributed by atoms with E-state index in [9.17, 15) is 35.1 Å². The van der Waals surface area contributed by atoms with Crippen molar-refractivity contribution in [1.82, 2.24) is 68.5 Å². The number of benzene rings is 2. The maximum absolute atomic E-state index is 12.6. The predicted octanol–water partition coefficient (Wildman–Crippen LogP) is 9.35. The van der Waals surface area contributed by atoms with Crippen LogP contribution in [0.1, 0.15) is 72.3 Å². The van der Waals surface area contributed by atoms with Crippen molar-refractivity contribution >= 4 is 96.7 Å². The zero-order valence-corrected chi connectivity index (χ0v) is 54.0. The van der Waals surface area contributed by atoms with Crippen molar-refractivity contribution in [2.24, 2.45) is 29.4 Å². The van der Waals surface area contributed by atoms with E-state index < -0.39 is 14.8 Å². The highest BCUT2D eigenvalue weighted by Gasteiger charge is 2.30. The second-order valence-corrected chi connectivity index (χ2v) is 23.7. The third kappa shape index (κ3) is 18.2. The van der Waals surface area contributed by atoms with Crippen molar-refractivity contribution < 1.29 is 38.5 Å². The molecule has 8 atom stereocenters. The largest absolute Gasteiger partial charge is 0.381 e. The Morgan fingerprint density at radius 3 is 1.50 bits per heavy atom. The lowest BCUT2D eigenvalue weighted by atomic mass is 9.98. The molecule has 5 aliphatic heterocycles. The Bertz CT molecular complexity index is 4060. The zero-order valence-electron chi connectivity index (χ0n) is 51.8. The van der Waals surface area contributed by atoms with E-state index in [1.54, 1.807) is 28.0 Å². The van der Waals surface area contributed by atoms with E-state index in [1.165, 1.54) is 19.0 Å². The number of nitrogens with two attached hydrogens (primary N) is 1. The number of nitrogens with one attached hydrogen (secondary N) is 3. The van der Waals surface area contributed by atoms with Gasteiger partial charge in [0.25, 0.3) is 0 Å². The van der Waals surface area contributed by atoms with Crippen molar-refractivity contribution in [3.63, 3.8) is 0 Å². The molecule has 12 heterocycles. The average Bonchev–Trinajstić information content (AvgIpc) is 1.61. The molecule has 8 unspecified atom stereocenters. The van der Waals surface area contributed by atoms with E-state index in [-0.39, 0.29) is 86.0 Å². The van der Waals surface area contributed by atoms with Crippen molar-refractivity contribution in [3.05, 3.63) is 143 Å². The number of hydrogen-bond acceptors (Lipinski definition) is 25. The molecule has 2 aromatic carbocycles. The molecule has 500 valence electrons. The van der Waals surface area contributed by atoms with Crippen molar-refractivity contribution in [3.8, 4) is 11.9 Å². The van der Waals surface area contributed by atoms with Gasteiger partial charge in [-0.3, -0.25) is 44.0 Å². The molecule has 9 aromatic rings. The molecular weight excluding hydrogens is 1290 g/mol. The summed E-state index contributed by atoms with van der Waals surface area (Å²) in [5.74, 6) is 2.51. The second-order valence-electron chi connectivity index (χ2n) is 22.7. The number of nitrogens with zero attached hydrogens (tertiary/aromatic N) is 16. The van der Waals surface area contributed by atoms with E-state index in [0.29, 0.717) is 74.7 Å². The first-order chi connectivity index (χ1) is 45.3. The summed E-state index contributed by atoms with van der Waals surface area (Å²) >= 11 is 16.3. The lowest BCUT2D eigenvalue weighted by molar-refractivity contribution is -0.385. The fraction of sp³-hybridized carbons (Fsp3) is 0.475. The molecular formula is C59H71Cl3N20O12. The normalized spacial score (nSPS) is 21.7. The minimum atomic E-state index is -0.682. The third-order valence-corrected chi connectivity index (χ3v) is 16.6. The predicted molar refractivity (Wildman–Crippen MR) is 349 cm³/mol. The number of rotatable bonds is 10. The number of anilines is 2. The number of H-pyrrole nitrogens is 1. The van der Waals surface area contributed by atoms with E-state index >= 15 is 0 Å². The molecule has 32 nitrogen and oxygen atoms in total. The van der Waals surface area contributed by atoms with E-state index in [1.807, 2.05) is 66.9 Å². The fourth-order valence-corrected chi connectivity index (χ4v) is 11.0. The van der Waals surface area contributed by atoms with E-state index in [0.717, 1.165) is 86.6 Å². The van der Waals surface area contributed by atoms with Crippen molar-refractivity contribution in [2.45, 2.75) is 90.4 Å². The molecule has 0 radical (unpaired) electrons. The Balaban J connectivity index is 0.000000143. The van der Waals surface area contributed by atoms with Crippen LogP contribution < -0.4 is 22.1 Å². The number of nitro groups is 3. The van der Waals surface area contributed by atoms with Gasteiger partial charge in [-0.1, -0.05) is 63.6 Å². The van der Waals surface area contributed by atoms with Gasteiger partial charge >= 0.3 is 22.8 Å². The van der Waals surface area contributed by atoms with Gasteiger partial charge in [0, 0.05) is 69.7 Å². The molecule has 5 saturated heterocycles. The summed E-state index contributed by atoms with van der Waals surface area (Å²) in [5, 5.41) is 38.3. The Morgan fingerprint density at radius 1 is 0.543 bits per heavy atom. The molecule has 5 N–H and O–H groups in total. The zero-order chi connectivity index (χ0) is 66.8. The van der Waals surface area contributed by atoms with Gasteiger partial charge in [-0.25, -0.2) is 34.7 Å². The number of fused-ring (bicyclic) bond motifs is 3. The van der Waals surface area contributed by atoms with Gasteiger partial charge in [0.05, 0.1) is 69.5 Å². The first kappa shape index (κ1) is 69.7. The number of ether oxygens (including phenoxy) is 5. The fourth-order valence-electron chi connectivity index (χ4n) is 10.5. The summed E-state index contributed by atoms with van der Waals surface area (Å²) < 4.78 is 31.7. The Morgan fingerprint density at radius 2 is 1.01 bits per heavy atom. The Hall–Kier alpha value is -8.60. The number of para-hydroxylation sites is 4. The van der Waals surface area contributed by atoms with Gasteiger partial charge in [0.15, 0.2) is 5.65 Å². The summed E-state index contributed by atoms with van der Waals surface area (Å²) in [6, 6.07) is 16.0. The van der Waals surface area contributed by atoms with Crippen LogP contribution in [0, 0.1) is 54.0 Å². The summed E-state index contributed by atoms with van der Waals surface area (Å²) in [4.78, 5) is 86.9. The van der Waals surface area contributed by atoms with Gasteiger partial charge < -0.3 is 45.0 Å². The van der Waals surface area contributed by atoms with Crippen LogP contribution in [0.25, 0.3) is 45.1 Å². The molecule has 94 heavy (non-hydrogen) atoms. The summed E-state index contributed by atoms with van der Waals surface area (Å²) in [5.41, 5.74) is 9.60. The topological polar surface area (TPSA) is 402 Å². The minimum absolute atomic E-state index is 0.0113. The SMILES string of the molecule is C1CCOC1.CC1COCCC1N.CC1COCCC1Nc1nc(-n2cnc3ccccc32)ncc1[N+](=O)[O-].CC1COCCC1Nc1nc(Cl)ncc1[N+](=O)[O-].CC1COCCC1n1c(=O)[nH]c2cnc(-n3cnc4ccccc43)nc21.O=[N+]([O-])c1cnc(Cl)nc1Cl. The van der Waals surface area contributed by atoms with Crippen LogP contribution in [0.15, 0.2) is 90.8 Å². The first-order valence-corrected chi connectivity index (χ1v) is 31.5. The number of hydrogen-bond donors (Lipinski definition) is 4. The van der Waals surface area contributed by atoms with Crippen LogP contribution in [0.5, 0.6) is 0 Å². The lowest BCUT2D eigenvalue weighted by Crippen LogP contribution is -2.36. The molecule has 0 saturated carbocycles. The van der Waals surface area contributed by atoms with Gasteiger partial charge in [-0.05, 0) is 104 Å². The molecule has 5 aliphatic rings. The Labute approximate surface area is 552 Å². The molecule has 7 aromatic heterocycles. The lowest BCUT2D eigenvalue weighted by Gasteiger charge is -2.29. The molecule has 5 fully saturated rings. The standard InChI is InChI=1S/C18H18N6O2.C17H18N6O3.C10H13ClN4O3.C6H13NO.C4HCl2N3O2.C4H8O/c1-11-9-26-7-6-14(11)24-16-13(21-18(24)25)8-19-17(22-16)23-10-20-12-4-2-3-5-15(12)23;1-11-9-26-7-6-12(11)20-16-15(23(24)25)8-18-17(21-16)22-10-19-13-4-2-3-5-14(13)22;1-6-5-18-3-2-7(6)13-9-8(15(16)17)4-12-10(11)14-9;1-5-4-8-3-2-6(5)7;5-3-2(9(10)11)1-7-4(6)8-3;1-2-4-5-3-1/h2-5,8,10-11,14H,6-7,9H2,1H3,(H,21,25);2-5,8,10-12H,6-7,9H2,1H3,(H,18,20,21);4,6-7H,2-3,5H2,1H3,(H,12,13,14);5-6H,2-4,7H2,1H3;1H;1-4H2. The third-order valence-electron chi connectivity index (χ3n) is 16.0. The van der Waals surface area contributed by atoms with Gasteiger partial charge in [0.2, 0.25) is 39.3 Å². The van der Waals surface area contributed by atoms with E-state index in [4.69, 9.17) is 69.2 Å². The molecule has 0 aliphatic carbocycles. The first-order valence-electron chi connectivity index (χ1n) is 30.3. The highest BCUT2D eigenvalue weighted by atomic mass is 35.5. The van der Waals surface area contributed by atoms with Crippen LogP contribution in [0.3, 0.4) is 0 Å². The van der Waals surface area contributed by atoms with Crippen LogP contribution >= 0.6 is 34.8 Å². The van der Waals surface area contributed by atoms with Gasteiger partial charge in [-0.2, -0.15) is 19.9 Å². The van der Waals surface area contributed by atoms with Crippen molar-refractivity contribution in [2.75, 3.05) is 76.7 Å². The maximum Gasteiger partial charge on any atom is 0.329 e. The van der Waals surface area contributed by atoms with Crippen LogP contribution in [0.4, 0.5) is 28.7 Å². The number of halogens is 3. The second kappa shape index (κ2) is 33.5. The molecule has 0 bridgehead atoms. The summed E-state index contributed by atoms with van der Waals surface area (Å²) in [6.07, 6.45) is 14.2.